The summed E-state index contributed by atoms with van der Waals surface area (Å²) in [7, 11) is 0. The Morgan fingerprint density at radius 3 is 2.46 bits per heavy atom. The van der Waals surface area contributed by atoms with Crippen molar-refractivity contribution in [3.8, 4) is 0 Å². The van der Waals surface area contributed by atoms with Crippen LogP contribution in [0.25, 0.3) is 0 Å². The van der Waals surface area contributed by atoms with Crippen LogP contribution in [0, 0.1) is 40.9 Å². The number of para-hydroxylation sites is 1. The third-order valence-electron chi connectivity index (χ3n) is 9.44. The quantitative estimate of drug-likeness (QED) is 0.706. The fourth-order valence-corrected chi connectivity index (χ4v) is 8.61. The molecule has 0 aromatic heterocycles. The molecule has 3 aliphatic carbocycles. The summed E-state index contributed by atoms with van der Waals surface area (Å²) in [6.07, 6.45) is 3.42. The summed E-state index contributed by atoms with van der Waals surface area (Å²) >= 11 is 0. The molecular weight excluding hydrogens is 354 g/mol. The van der Waals surface area contributed by atoms with E-state index in [2.05, 4.69) is 6.92 Å². The van der Waals surface area contributed by atoms with Gasteiger partial charge in [0.15, 0.2) is 5.78 Å². The molecule has 7 rings (SSSR count). The van der Waals surface area contributed by atoms with Gasteiger partial charge >= 0.3 is 0 Å². The highest BCUT2D eigenvalue weighted by Gasteiger charge is 2.83. The average Bonchev–Trinajstić information content (AvgIpc) is 3.47. The predicted molar refractivity (Wildman–Crippen MR) is 99.1 cm³/mol. The summed E-state index contributed by atoms with van der Waals surface area (Å²) in [5.74, 6) is 0.386. The molecule has 1 spiro atoms. The van der Waals surface area contributed by atoms with Crippen molar-refractivity contribution in [2.75, 3.05) is 4.90 Å². The first-order valence-electron chi connectivity index (χ1n) is 10.6. The molecule has 3 heterocycles. The summed E-state index contributed by atoms with van der Waals surface area (Å²) in [4.78, 5) is 41.4. The number of anilines is 1. The topological polar surface area (TPSA) is 63.7 Å². The number of nitrogens with zero attached hydrogens (tertiary/aromatic N) is 1. The Labute approximate surface area is 163 Å². The van der Waals surface area contributed by atoms with Crippen LogP contribution in [0.4, 0.5) is 5.69 Å². The highest BCUT2D eigenvalue weighted by molar-refractivity contribution is 6.22. The van der Waals surface area contributed by atoms with Gasteiger partial charge in [-0.25, -0.2) is 0 Å². The predicted octanol–water partition coefficient (Wildman–Crippen LogP) is 2.58. The fourth-order valence-electron chi connectivity index (χ4n) is 8.61. The summed E-state index contributed by atoms with van der Waals surface area (Å²) < 4.78 is 6.51. The number of imide groups is 1. The van der Waals surface area contributed by atoms with Gasteiger partial charge in [-0.05, 0) is 62.5 Å². The number of carbonyl (C=O) groups is 3. The Kier molecular flexibility index (Phi) is 2.60. The molecule has 3 aliphatic heterocycles. The van der Waals surface area contributed by atoms with E-state index in [0.29, 0.717) is 5.69 Å². The summed E-state index contributed by atoms with van der Waals surface area (Å²) in [5.41, 5.74) is -0.0905. The molecule has 5 nitrogen and oxygen atoms in total. The van der Waals surface area contributed by atoms with Crippen LogP contribution in [0.3, 0.4) is 0 Å². The zero-order valence-corrected chi connectivity index (χ0v) is 15.8. The van der Waals surface area contributed by atoms with Crippen LogP contribution in [-0.2, 0) is 19.1 Å². The lowest BCUT2D eigenvalue weighted by atomic mass is 9.53. The Balaban J connectivity index is 1.34. The highest BCUT2D eigenvalue weighted by atomic mass is 16.5. The Hall–Kier alpha value is -2.01. The first kappa shape index (κ1) is 15.9. The van der Waals surface area contributed by atoms with E-state index in [1.807, 2.05) is 30.3 Å². The van der Waals surface area contributed by atoms with Gasteiger partial charge in [0.2, 0.25) is 11.8 Å². The minimum Gasteiger partial charge on any atom is -0.362 e. The first-order chi connectivity index (χ1) is 13.5. The van der Waals surface area contributed by atoms with Gasteiger partial charge in [-0.1, -0.05) is 18.2 Å². The van der Waals surface area contributed by atoms with E-state index in [1.165, 1.54) is 4.90 Å². The lowest BCUT2D eigenvalue weighted by molar-refractivity contribution is -0.138. The lowest BCUT2D eigenvalue weighted by Crippen LogP contribution is -2.56. The number of benzene rings is 1. The molecule has 3 saturated heterocycles. The lowest BCUT2D eigenvalue weighted by Gasteiger charge is -2.47. The number of Topliss-reactive ketones (excluding diaryl/α,β-unsaturated/α-hetero) is 1. The van der Waals surface area contributed by atoms with Crippen molar-refractivity contribution in [1.29, 1.82) is 0 Å². The summed E-state index contributed by atoms with van der Waals surface area (Å²) in [6, 6.07) is 9.29. The van der Waals surface area contributed by atoms with Crippen molar-refractivity contribution in [2.24, 2.45) is 40.9 Å². The molecule has 5 heteroatoms. The van der Waals surface area contributed by atoms with E-state index in [9.17, 15) is 14.4 Å². The number of hydrogen-bond donors (Lipinski definition) is 0. The number of amides is 2. The zero-order chi connectivity index (χ0) is 19.0. The van der Waals surface area contributed by atoms with Crippen LogP contribution in [0.15, 0.2) is 30.3 Å². The number of hydrogen-bond acceptors (Lipinski definition) is 4. The van der Waals surface area contributed by atoms with Crippen LogP contribution in [-0.4, -0.2) is 29.3 Å². The molecule has 0 N–H and O–H groups in total. The Morgan fingerprint density at radius 2 is 1.71 bits per heavy atom. The first-order valence-corrected chi connectivity index (χ1v) is 10.6. The summed E-state index contributed by atoms with van der Waals surface area (Å²) in [5, 5.41) is 0. The largest absolute Gasteiger partial charge is 0.362 e. The summed E-state index contributed by atoms with van der Waals surface area (Å²) in [6.45, 7) is 2.10. The molecule has 6 aliphatic rings. The van der Waals surface area contributed by atoms with Crippen LogP contribution < -0.4 is 4.90 Å². The van der Waals surface area contributed by atoms with E-state index in [4.69, 9.17) is 4.74 Å². The molecule has 2 amide bonds. The molecule has 28 heavy (non-hydrogen) atoms. The van der Waals surface area contributed by atoms with Crippen molar-refractivity contribution in [3.63, 3.8) is 0 Å². The van der Waals surface area contributed by atoms with Crippen molar-refractivity contribution in [1.82, 2.24) is 0 Å². The number of carbonyl (C=O) groups excluding carboxylic acids is 3. The standard InChI is InChI=1S/C23H23NO4/c1-22-8-5-9-23(22)17-13-10-12(16(17)18(28-23)19(22)25)14-15(13)21(27)24(20(14)26)11-6-3-2-4-7-11/h2-4,6-7,12-18H,5,8-10H2,1H3/t12-,13+,14-,15+,16-,17+,18-,22-,23+/m0/s1. The van der Waals surface area contributed by atoms with E-state index < -0.39 is 0 Å². The van der Waals surface area contributed by atoms with Gasteiger partial charge in [0, 0.05) is 5.92 Å². The molecule has 3 saturated carbocycles. The van der Waals surface area contributed by atoms with Gasteiger partial charge in [0.1, 0.15) is 6.10 Å². The molecule has 0 radical (unpaired) electrons. The van der Waals surface area contributed by atoms with Crippen molar-refractivity contribution >= 4 is 23.3 Å². The van der Waals surface area contributed by atoms with E-state index in [1.54, 1.807) is 0 Å². The second-order valence-electron chi connectivity index (χ2n) is 10.0. The van der Waals surface area contributed by atoms with Gasteiger partial charge in [0.25, 0.3) is 0 Å². The normalized spacial score (nSPS) is 52.5. The number of fused-ring (bicyclic) bond motifs is 10. The number of ketones is 1. The zero-order valence-electron chi connectivity index (χ0n) is 15.8. The molecule has 1 aromatic carbocycles. The Morgan fingerprint density at radius 1 is 1.00 bits per heavy atom. The SMILES string of the molecule is C[C@@]12CCC[C@]13O[C@H](C2=O)[C@H]1[C@H]2C[C@H]([C@H]4C(=O)N(c5ccccc5)C(=O)[C@@H]24)[C@H]13. The molecular formula is C23H23NO4. The number of rotatable bonds is 1. The molecule has 144 valence electrons. The van der Waals surface area contributed by atoms with Crippen LogP contribution in [0.1, 0.15) is 32.6 Å². The molecule has 4 bridgehead atoms. The average molecular weight is 377 g/mol. The van der Waals surface area contributed by atoms with Crippen LogP contribution in [0.2, 0.25) is 0 Å². The van der Waals surface area contributed by atoms with E-state index in [0.717, 1.165) is 25.7 Å². The van der Waals surface area contributed by atoms with Crippen LogP contribution >= 0.6 is 0 Å². The maximum absolute atomic E-state index is 13.4. The van der Waals surface area contributed by atoms with E-state index >= 15 is 0 Å². The third kappa shape index (κ3) is 1.38. The number of ether oxygens (including phenoxy) is 1. The maximum Gasteiger partial charge on any atom is 0.237 e. The second kappa shape index (κ2) is 4.59. The molecule has 0 unspecified atom stereocenters. The van der Waals surface area contributed by atoms with Crippen molar-refractivity contribution in [3.05, 3.63) is 30.3 Å². The molecule has 9 atom stereocenters. The maximum atomic E-state index is 13.4. The minimum absolute atomic E-state index is 0.0302. The Bertz CT molecular complexity index is 959. The van der Waals surface area contributed by atoms with Crippen molar-refractivity contribution < 1.29 is 19.1 Å². The molecule has 1 aromatic rings. The van der Waals surface area contributed by atoms with E-state index in [-0.39, 0.29) is 70.2 Å². The molecule has 6 fully saturated rings. The minimum atomic E-state index is -0.385. The van der Waals surface area contributed by atoms with Gasteiger partial charge in [-0.15, -0.1) is 0 Å². The van der Waals surface area contributed by atoms with Gasteiger partial charge < -0.3 is 4.74 Å². The second-order valence-corrected chi connectivity index (χ2v) is 10.0. The monoisotopic (exact) mass is 377 g/mol. The van der Waals surface area contributed by atoms with Gasteiger partial charge in [-0.3, -0.25) is 19.3 Å². The van der Waals surface area contributed by atoms with Crippen LogP contribution in [0.5, 0.6) is 0 Å². The van der Waals surface area contributed by atoms with Crippen molar-refractivity contribution in [2.45, 2.75) is 44.3 Å². The smallest absolute Gasteiger partial charge is 0.237 e. The fraction of sp³-hybridized carbons (Fsp3) is 0.609. The van der Waals surface area contributed by atoms with Gasteiger partial charge in [-0.2, -0.15) is 0 Å². The highest BCUT2D eigenvalue weighted by Crippen LogP contribution is 2.76. The third-order valence-corrected chi connectivity index (χ3v) is 9.44. The van der Waals surface area contributed by atoms with Gasteiger partial charge in [0.05, 0.1) is 28.5 Å².